The fraction of sp³-hybridized carbons (Fsp3) is 0.438. The Labute approximate surface area is 121 Å². The number of hydrogen-bond acceptors (Lipinski definition) is 4. The van der Waals surface area contributed by atoms with E-state index in [0.29, 0.717) is 0 Å². The van der Waals surface area contributed by atoms with Crippen LogP contribution in [0.5, 0.6) is 0 Å². The van der Waals surface area contributed by atoms with Crippen LogP contribution in [0.3, 0.4) is 0 Å². The van der Waals surface area contributed by atoms with Crippen molar-refractivity contribution in [2.45, 2.75) is 6.54 Å². The number of allylic oxidation sites excluding steroid dienone is 1. The molecular weight excluding hydrogens is 248 g/mol. The van der Waals surface area contributed by atoms with Crippen LogP contribution in [0.1, 0.15) is 5.69 Å². The Bertz CT molecular complexity index is 486. The topological polar surface area (TPSA) is 22.6 Å². The van der Waals surface area contributed by atoms with Gasteiger partial charge >= 0.3 is 0 Å². The van der Waals surface area contributed by atoms with E-state index in [1.807, 2.05) is 18.3 Å². The zero-order chi connectivity index (χ0) is 13.8. The number of rotatable bonds is 3. The monoisotopic (exact) mass is 270 g/mol. The lowest BCUT2D eigenvalue weighted by molar-refractivity contribution is 0.188. The van der Waals surface area contributed by atoms with Gasteiger partial charge in [-0.15, -0.1) is 0 Å². The van der Waals surface area contributed by atoms with Gasteiger partial charge in [-0.1, -0.05) is 6.07 Å². The molecule has 1 aromatic heterocycles. The third-order valence-electron chi connectivity index (χ3n) is 3.95. The summed E-state index contributed by atoms with van der Waals surface area (Å²) in [4.78, 5) is 11.5. The molecular formula is C16H22N4. The zero-order valence-corrected chi connectivity index (χ0v) is 12.1. The summed E-state index contributed by atoms with van der Waals surface area (Å²) in [7, 11) is 2.19. The van der Waals surface area contributed by atoms with E-state index in [1.54, 1.807) is 0 Å². The molecule has 0 atom stereocenters. The van der Waals surface area contributed by atoms with E-state index in [1.165, 1.54) is 5.70 Å². The number of piperazine rings is 1. The van der Waals surface area contributed by atoms with Crippen molar-refractivity contribution in [3.63, 3.8) is 0 Å². The Morgan fingerprint density at radius 3 is 2.65 bits per heavy atom. The number of pyridine rings is 1. The maximum Gasteiger partial charge on any atom is 0.0600 e. The van der Waals surface area contributed by atoms with Gasteiger partial charge in [0.2, 0.25) is 0 Å². The van der Waals surface area contributed by atoms with Crippen LogP contribution in [0.4, 0.5) is 0 Å². The molecule has 0 unspecified atom stereocenters. The summed E-state index contributed by atoms with van der Waals surface area (Å²) in [5.41, 5.74) is 2.49. The molecule has 2 aliphatic heterocycles. The molecule has 0 saturated carbocycles. The Kier molecular flexibility index (Phi) is 4.02. The lowest BCUT2D eigenvalue weighted by Gasteiger charge is -2.36. The van der Waals surface area contributed by atoms with Crippen molar-refractivity contribution in [2.24, 2.45) is 0 Å². The van der Waals surface area contributed by atoms with Gasteiger partial charge in [-0.2, -0.15) is 0 Å². The molecule has 106 valence electrons. The molecule has 1 saturated heterocycles. The number of nitrogens with zero attached hydrogens (tertiary/aromatic N) is 4. The van der Waals surface area contributed by atoms with Gasteiger partial charge in [0.15, 0.2) is 0 Å². The van der Waals surface area contributed by atoms with E-state index in [4.69, 9.17) is 0 Å². The lowest BCUT2D eigenvalue weighted by Crippen LogP contribution is -2.44. The van der Waals surface area contributed by atoms with Crippen LogP contribution in [0.25, 0.3) is 0 Å². The van der Waals surface area contributed by atoms with Gasteiger partial charge in [-0.05, 0) is 31.3 Å². The predicted molar refractivity (Wildman–Crippen MR) is 80.9 cm³/mol. The SMILES string of the molecule is CN1CCN(C2=CCN(Cc3ccccn3)C=C2)CC1. The van der Waals surface area contributed by atoms with Crippen LogP contribution in [-0.2, 0) is 6.54 Å². The van der Waals surface area contributed by atoms with Gasteiger partial charge in [0.1, 0.15) is 0 Å². The van der Waals surface area contributed by atoms with E-state index < -0.39 is 0 Å². The smallest absolute Gasteiger partial charge is 0.0600 e. The molecule has 2 aliphatic rings. The van der Waals surface area contributed by atoms with Crippen LogP contribution in [0.15, 0.2) is 48.4 Å². The lowest BCUT2D eigenvalue weighted by atomic mass is 10.2. The van der Waals surface area contributed by atoms with Gasteiger partial charge < -0.3 is 14.7 Å². The number of aromatic nitrogens is 1. The molecule has 0 spiro atoms. The minimum Gasteiger partial charge on any atom is -0.369 e. The molecule has 20 heavy (non-hydrogen) atoms. The first kappa shape index (κ1) is 13.2. The van der Waals surface area contributed by atoms with Crippen LogP contribution in [0.2, 0.25) is 0 Å². The van der Waals surface area contributed by atoms with Crippen molar-refractivity contribution >= 4 is 0 Å². The second-order valence-corrected chi connectivity index (χ2v) is 5.49. The summed E-state index contributed by atoms with van der Waals surface area (Å²) in [5.74, 6) is 0. The Balaban J connectivity index is 1.55. The molecule has 0 amide bonds. The first-order valence-electron chi connectivity index (χ1n) is 7.27. The molecule has 1 fully saturated rings. The minimum absolute atomic E-state index is 0.879. The standard InChI is InChI=1S/C16H22N4/c1-18-10-12-20(13-11-18)16-5-8-19(9-6-16)14-15-4-2-3-7-17-15/h2-8H,9-14H2,1H3. The van der Waals surface area contributed by atoms with E-state index in [-0.39, 0.29) is 0 Å². The average molecular weight is 270 g/mol. The Hall–Kier alpha value is -1.81. The van der Waals surface area contributed by atoms with Gasteiger partial charge in [0.25, 0.3) is 0 Å². The predicted octanol–water partition coefficient (Wildman–Crippen LogP) is 1.54. The first-order chi connectivity index (χ1) is 9.81. The van der Waals surface area contributed by atoms with Crippen molar-refractivity contribution < 1.29 is 0 Å². The van der Waals surface area contributed by atoms with Gasteiger partial charge in [0.05, 0.1) is 12.2 Å². The summed E-state index contributed by atoms with van der Waals surface area (Å²) in [5, 5.41) is 0. The molecule has 3 rings (SSSR count). The fourth-order valence-electron chi connectivity index (χ4n) is 2.64. The van der Waals surface area contributed by atoms with Gasteiger partial charge in [0, 0.05) is 50.8 Å². The van der Waals surface area contributed by atoms with Crippen molar-refractivity contribution in [3.05, 3.63) is 54.1 Å². The summed E-state index contributed by atoms with van der Waals surface area (Å²) in [6.07, 6.45) is 8.61. The number of hydrogen-bond donors (Lipinski definition) is 0. The largest absolute Gasteiger partial charge is 0.369 e. The van der Waals surface area contributed by atoms with Crippen LogP contribution in [0, 0.1) is 0 Å². The first-order valence-corrected chi connectivity index (χ1v) is 7.27. The molecule has 1 aromatic rings. The van der Waals surface area contributed by atoms with Gasteiger partial charge in [-0.3, -0.25) is 4.98 Å². The highest BCUT2D eigenvalue weighted by molar-refractivity contribution is 5.22. The van der Waals surface area contributed by atoms with Crippen molar-refractivity contribution in [1.29, 1.82) is 0 Å². The summed E-state index contributed by atoms with van der Waals surface area (Å²) in [6, 6.07) is 6.08. The summed E-state index contributed by atoms with van der Waals surface area (Å²) >= 11 is 0. The highest BCUT2D eigenvalue weighted by Crippen LogP contribution is 2.15. The maximum atomic E-state index is 4.38. The van der Waals surface area contributed by atoms with E-state index in [9.17, 15) is 0 Å². The second kappa shape index (κ2) is 6.09. The molecule has 4 heteroatoms. The second-order valence-electron chi connectivity index (χ2n) is 5.49. The Morgan fingerprint density at radius 2 is 2.00 bits per heavy atom. The van der Waals surface area contributed by atoms with Crippen LogP contribution >= 0.6 is 0 Å². The highest BCUT2D eigenvalue weighted by atomic mass is 15.3. The summed E-state index contributed by atoms with van der Waals surface area (Å²) < 4.78 is 0. The number of likely N-dealkylation sites (N-methyl/N-ethyl adjacent to an activating group) is 1. The summed E-state index contributed by atoms with van der Waals surface area (Å²) in [6.45, 7) is 6.42. The highest BCUT2D eigenvalue weighted by Gasteiger charge is 2.16. The normalized spacial score (nSPS) is 20.1. The zero-order valence-electron chi connectivity index (χ0n) is 12.1. The minimum atomic E-state index is 0.879. The van der Waals surface area contributed by atoms with E-state index in [0.717, 1.165) is 45.0 Å². The molecule has 0 aromatic carbocycles. The van der Waals surface area contributed by atoms with Crippen molar-refractivity contribution in [3.8, 4) is 0 Å². The molecule has 3 heterocycles. The third kappa shape index (κ3) is 3.20. The molecule has 4 nitrogen and oxygen atoms in total. The van der Waals surface area contributed by atoms with Crippen LogP contribution < -0.4 is 0 Å². The van der Waals surface area contributed by atoms with Crippen molar-refractivity contribution in [1.82, 2.24) is 19.7 Å². The molecule has 0 N–H and O–H groups in total. The fourth-order valence-corrected chi connectivity index (χ4v) is 2.64. The Morgan fingerprint density at radius 1 is 1.15 bits per heavy atom. The molecule has 0 aliphatic carbocycles. The third-order valence-corrected chi connectivity index (χ3v) is 3.95. The van der Waals surface area contributed by atoms with Crippen LogP contribution in [-0.4, -0.2) is 59.5 Å². The maximum absolute atomic E-state index is 4.38. The van der Waals surface area contributed by atoms with E-state index >= 15 is 0 Å². The molecule has 0 radical (unpaired) electrons. The average Bonchev–Trinajstić information content (AvgIpc) is 2.50. The van der Waals surface area contributed by atoms with Crippen molar-refractivity contribution in [2.75, 3.05) is 39.8 Å². The quantitative estimate of drug-likeness (QED) is 0.831. The van der Waals surface area contributed by atoms with E-state index in [2.05, 4.69) is 51.1 Å². The molecule has 0 bridgehead atoms. The van der Waals surface area contributed by atoms with Gasteiger partial charge in [-0.25, -0.2) is 0 Å².